The van der Waals surface area contributed by atoms with Crippen molar-refractivity contribution in [3.05, 3.63) is 0 Å². The van der Waals surface area contributed by atoms with Gasteiger partial charge in [0.05, 0.1) is 5.75 Å². The fourth-order valence-corrected chi connectivity index (χ4v) is 3.77. The maximum atomic E-state index is 12.3. The van der Waals surface area contributed by atoms with E-state index >= 15 is 0 Å². The second-order valence-corrected chi connectivity index (χ2v) is 6.48. The highest BCUT2D eigenvalue weighted by atomic mass is 32.2. The lowest BCUT2D eigenvalue weighted by Crippen LogP contribution is -2.46. The molecule has 0 aliphatic carbocycles. The Kier molecular flexibility index (Phi) is 5.42. The Hall–Kier alpha value is -0.340. The van der Waals surface area contributed by atoms with Crippen molar-refractivity contribution < 1.29 is 21.6 Å². The normalized spacial score (nSPS) is 22.4. The van der Waals surface area contributed by atoms with Gasteiger partial charge in [-0.15, -0.1) is 0 Å². The molecule has 1 rings (SSSR count). The highest BCUT2D eigenvalue weighted by molar-refractivity contribution is 7.89. The minimum absolute atomic E-state index is 0.158. The van der Waals surface area contributed by atoms with E-state index in [0.717, 1.165) is 19.4 Å². The number of piperidine rings is 1. The average Bonchev–Trinajstić information content (AvgIpc) is 2.25. The summed E-state index contributed by atoms with van der Waals surface area (Å²) in [5.74, 6) is -0.253. The van der Waals surface area contributed by atoms with Crippen molar-refractivity contribution in [3.63, 3.8) is 0 Å². The van der Waals surface area contributed by atoms with Crippen LogP contribution in [0.2, 0.25) is 0 Å². The summed E-state index contributed by atoms with van der Waals surface area (Å²) >= 11 is 0. The SMILES string of the molecule is CCN(CC(F)(F)F)S(=O)(=O)CC1CCCCN1. The van der Waals surface area contributed by atoms with Crippen molar-refractivity contribution in [2.24, 2.45) is 0 Å². The van der Waals surface area contributed by atoms with Crippen LogP contribution in [0.1, 0.15) is 26.2 Å². The van der Waals surface area contributed by atoms with Crippen LogP contribution in [-0.2, 0) is 10.0 Å². The quantitative estimate of drug-likeness (QED) is 0.830. The number of halogens is 3. The highest BCUT2D eigenvalue weighted by Crippen LogP contribution is 2.19. The lowest BCUT2D eigenvalue weighted by molar-refractivity contribution is -0.135. The smallest absolute Gasteiger partial charge is 0.313 e. The summed E-state index contributed by atoms with van der Waals surface area (Å²) in [5.41, 5.74) is 0. The van der Waals surface area contributed by atoms with Gasteiger partial charge in [-0.2, -0.15) is 17.5 Å². The molecule has 0 bridgehead atoms. The Balaban J connectivity index is 2.64. The zero-order valence-electron chi connectivity index (χ0n) is 10.3. The van der Waals surface area contributed by atoms with Gasteiger partial charge < -0.3 is 5.32 Å². The molecule has 4 nitrogen and oxygen atoms in total. The number of rotatable bonds is 5. The van der Waals surface area contributed by atoms with Gasteiger partial charge >= 0.3 is 6.18 Å². The van der Waals surface area contributed by atoms with Crippen LogP contribution >= 0.6 is 0 Å². The van der Waals surface area contributed by atoms with Gasteiger partial charge in [-0.3, -0.25) is 0 Å². The highest BCUT2D eigenvalue weighted by Gasteiger charge is 2.36. The minimum atomic E-state index is -4.50. The van der Waals surface area contributed by atoms with Gasteiger partial charge in [-0.05, 0) is 19.4 Å². The third kappa shape index (κ3) is 5.11. The summed E-state index contributed by atoms with van der Waals surface area (Å²) in [7, 11) is -3.85. The van der Waals surface area contributed by atoms with E-state index < -0.39 is 22.7 Å². The molecule has 1 unspecified atom stereocenters. The Morgan fingerprint density at radius 3 is 2.44 bits per heavy atom. The second-order valence-electron chi connectivity index (χ2n) is 4.47. The van der Waals surface area contributed by atoms with Crippen LogP contribution in [0.4, 0.5) is 13.2 Å². The van der Waals surface area contributed by atoms with E-state index in [1.807, 2.05) is 0 Å². The van der Waals surface area contributed by atoms with E-state index in [2.05, 4.69) is 5.32 Å². The van der Waals surface area contributed by atoms with Crippen LogP contribution in [-0.4, -0.2) is 50.3 Å². The van der Waals surface area contributed by atoms with Gasteiger partial charge in [0.2, 0.25) is 10.0 Å². The predicted octanol–water partition coefficient (Wildman–Crippen LogP) is 1.34. The Morgan fingerprint density at radius 1 is 1.33 bits per heavy atom. The van der Waals surface area contributed by atoms with Crippen molar-refractivity contribution >= 4 is 10.0 Å². The standard InChI is InChI=1S/C10H19F3N2O2S/c1-2-15(8-10(11,12)13)18(16,17)7-9-5-3-4-6-14-9/h9,14H,2-8H2,1H3. The number of nitrogens with one attached hydrogen (secondary N) is 1. The van der Waals surface area contributed by atoms with Crippen molar-refractivity contribution in [2.45, 2.75) is 38.4 Å². The average molecular weight is 288 g/mol. The molecule has 0 aromatic carbocycles. The summed E-state index contributed by atoms with van der Waals surface area (Å²) in [6, 6.07) is -0.231. The minimum Gasteiger partial charge on any atom is -0.313 e. The van der Waals surface area contributed by atoms with Gasteiger partial charge in [-0.1, -0.05) is 13.3 Å². The van der Waals surface area contributed by atoms with Gasteiger partial charge in [0.15, 0.2) is 0 Å². The van der Waals surface area contributed by atoms with E-state index in [0.29, 0.717) is 10.7 Å². The number of nitrogens with zero attached hydrogens (tertiary/aromatic N) is 1. The third-order valence-corrected chi connectivity index (χ3v) is 4.92. The molecule has 1 aliphatic rings. The maximum absolute atomic E-state index is 12.3. The van der Waals surface area contributed by atoms with Crippen LogP contribution in [0.5, 0.6) is 0 Å². The number of hydrogen-bond donors (Lipinski definition) is 1. The molecule has 1 heterocycles. The molecule has 0 aromatic heterocycles. The Bertz CT molecular complexity index is 351. The molecule has 0 saturated carbocycles. The van der Waals surface area contributed by atoms with Crippen LogP contribution in [0.15, 0.2) is 0 Å². The molecule has 18 heavy (non-hydrogen) atoms. The van der Waals surface area contributed by atoms with Gasteiger partial charge in [-0.25, -0.2) is 8.42 Å². The fraction of sp³-hybridized carbons (Fsp3) is 1.00. The molecular formula is C10H19F3N2O2S. The molecular weight excluding hydrogens is 269 g/mol. The van der Waals surface area contributed by atoms with Crippen molar-refractivity contribution in [2.75, 3.05) is 25.4 Å². The van der Waals surface area contributed by atoms with Gasteiger partial charge in [0.25, 0.3) is 0 Å². The summed E-state index contributed by atoms with van der Waals surface area (Å²) in [4.78, 5) is 0. The Labute approximate surface area is 106 Å². The number of sulfonamides is 1. The summed E-state index contributed by atoms with van der Waals surface area (Å²) in [5, 5.41) is 3.03. The number of alkyl halides is 3. The predicted molar refractivity (Wildman–Crippen MR) is 62.7 cm³/mol. The van der Waals surface area contributed by atoms with Crippen molar-refractivity contribution in [3.8, 4) is 0 Å². The summed E-state index contributed by atoms with van der Waals surface area (Å²) < 4.78 is 61.1. The zero-order valence-corrected chi connectivity index (χ0v) is 11.1. The molecule has 1 aliphatic heterocycles. The monoisotopic (exact) mass is 288 g/mol. The molecule has 1 fully saturated rings. The lowest BCUT2D eigenvalue weighted by atomic mass is 10.1. The topological polar surface area (TPSA) is 49.4 Å². The van der Waals surface area contributed by atoms with E-state index in [1.165, 1.54) is 6.92 Å². The molecule has 108 valence electrons. The zero-order chi connectivity index (χ0) is 13.8. The van der Waals surface area contributed by atoms with E-state index in [9.17, 15) is 21.6 Å². The second kappa shape index (κ2) is 6.21. The van der Waals surface area contributed by atoms with E-state index in [4.69, 9.17) is 0 Å². The summed E-state index contributed by atoms with van der Waals surface area (Å²) in [6.45, 7) is 0.580. The van der Waals surface area contributed by atoms with Crippen LogP contribution in [0, 0.1) is 0 Å². The molecule has 1 saturated heterocycles. The fourth-order valence-electron chi connectivity index (χ4n) is 2.03. The molecule has 0 aromatic rings. The molecule has 8 heteroatoms. The maximum Gasteiger partial charge on any atom is 0.402 e. The third-order valence-electron chi connectivity index (χ3n) is 2.93. The van der Waals surface area contributed by atoms with Crippen molar-refractivity contribution in [1.82, 2.24) is 9.62 Å². The first-order valence-corrected chi connectivity index (χ1v) is 7.63. The molecule has 0 radical (unpaired) electrons. The largest absolute Gasteiger partial charge is 0.402 e. The van der Waals surface area contributed by atoms with Crippen LogP contribution < -0.4 is 5.32 Å². The lowest BCUT2D eigenvalue weighted by Gasteiger charge is -2.27. The number of hydrogen-bond acceptors (Lipinski definition) is 3. The first-order chi connectivity index (χ1) is 8.24. The first-order valence-electron chi connectivity index (χ1n) is 6.02. The van der Waals surface area contributed by atoms with Crippen LogP contribution in [0.3, 0.4) is 0 Å². The van der Waals surface area contributed by atoms with Crippen molar-refractivity contribution in [1.29, 1.82) is 0 Å². The Morgan fingerprint density at radius 2 is 2.00 bits per heavy atom. The van der Waals surface area contributed by atoms with E-state index in [-0.39, 0.29) is 18.3 Å². The van der Waals surface area contributed by atoms with E-state index in [1.54, 1.807) is 0 Å². The molecule has 0 amide bonds. The molecule has 0 spiro atoms. The van der Waals surface area contributed by atoms with Gasteiger partial charge in [0.1, 0.15) is 6.54 Å². The molecule has 1 atom stereocenters. The van der Waals surface area contributed by atoms with Crippen LogP contribution in [0.25, 0.3) is 0 Å². The van der Waals surface area contributed by atoms with Gasteiger partial charge in [0, 0.05) is 12.6 Å². The molecule has 1 N–H and O–H groups in total. The summed E-state index contributed by atoms with van der Waals surface area (Å²) in [6.07, 6.45) is -1.90. The first kappa shape index (κ1) is 15.7.